The van der Waals surface area contributed by atoms with Gasteiger partial charge < -0.3 is 0 Å². The first-order valence-electron chi connectivity index (χ1n) is 11.4. The number of carbonyl (C=O) groups excluding carboxylic acids is 3. The second kappa shape index (κ2) is 12.0. The number of aliphatic hydroxyl groups excluding tert-OH is 1. The molecule has 1 aromatic heterocycles. The minimum atomic E-state index is -0.832. The van der Waals surface area contributed by atoms with Crippen molar-refractivity contribution in [2.75, 3.05) is 6.54 Å². The molecule has 2 aromatic rings. The quantitative estimate of drug-likeness (QED) is 0.217. The van der Waals surface area contributed by atoms with E-state index in [1.165, 1.54) is 4.90 Å². The summed E-state index contributed by atoms with van der Waals surface area (Å²) in [6, 6.07) is 9.76. The number of nitrogens with one attached hydrogen (secondary N) is 1. The third-order valence-corrected chi connectivity index (χ3v) is 7.62. The van der Waals surface area contributed by atoms with Crippen LogP contribution >= 0.6 is 0 Å². The van der Waals surface area contributed by atoms with Crippen molar-refractivity contribution in [3.8, 4) is 0 Å². The van der Waals surface area contributed by atoms with Gasteiger partial charge in [-0.15, -0.1) is 0 Å². The fourth-order valence-electron chi connectivity index (χ4n) is 4.28. The van der Waals surface area contributed by atoms with E-state index in [2.05, 4.69) is 10.5 Å². The summed E-state index contributed by atoms with van der Waals surface area (Å²) < 4.78 is 5.50. The van der Waals surface area contributed by atoms with Crippen molar-refractivity contribution in [2.24, 2.45) is 5.92 Å². The molecule has 0 aliphatic carbocycles. The van der Waals surface area contributed by atoms with Crippen LogP contribution in [0.4, 0.5) is 0 Å². The molecule has 0 saturated carbocycles. The molecule has 1 fully saturated rings. The van der Waals surface area contributed by atoms with Crippen molar-refractivity contribution < 1.29 is 45.0 Å². The maximum absolute atomic E-state index is 13.6. The van der Waals surface area contributed by atoms with Crippen LogP contribution in [0.1, 0.15) is 55.7 Å². The van der Waals surface area contributed by atoms with E-state index >= 15 is 0 Å². The fourth-order valence-corrected chi connectivity index (χ4v) is 5.67. The van der Waals surface area contributed by atoms with E-state index in [0.29, 0.717) is 11.5 Å². The number of halogens is 1. The average Bonchev–Trinajstić information content (AvgIpc) is 3.39. The second-order valence-corrected chi connectivity index (χ2v) is 11.9. The molecule has 2 N–H and O–H groups in total. The first kappa shape index (κ1) is 26.4. The topological polar surface area (TPSA) is 113 Å². The third-order valence-electron chi connectivity index (χ3n) is 5.86. The summed E-state index contributed by atoms with van der Waals surface area (Å²) in [5.74, 6) is -0.906. The van der Waals surface area contributed by atoms with E-state index in [0.717, 1.165) is 5.56 Å². The molecule has 1 aliphatic rings. The van der Waals surface area contributed by atoms with E-state index < -0.39 is 45.1 Å². The number of benzene rings is 1. The molecule has 2 amide bonds. The van der Waals surface area contributed by atoms with E-state index in [-0.39, 0.29) is 40.9 Å². The number of aliphatic hydroxyl groups is 1. The number of hydrogen-bond acceptors (Lipinski definition) is 6. The first-order chi connectivity index (χ1) is 16.2. The van der Waals surface area contributed by atoms with Crippen molar-refractivity contribution in [2.45, 2.75) is 64.5 Å². The Kier molecular flexibility index (Phi) is 9.29. The van der Waals surface area contributed by atoms with Gasteiger partial charge in [0.25, 0.3) is 0 Å². The van der Waals surface area contributed by atoms with Crippen molar-refractivity contribution in [1.82, 2.24) is 15.4 Å². The SMILES string of the molecule is C[B][I-]C(=O)C[C@H](NC(=O)[C@@H]1C[C@@H](O)CN1C(=O)[C@@H](c1cc(C)no1)C(C)C)c1ccccc1. The van der Waals surface area contributed by atoms with Gasteiger partial charge in [0.2, 0.25) is 0 Å². The van der Waals surface area contributed by atoms with Crippen LogP contribution in [0.15, 0.2) is 40.9 Å². The van der Waals surface area contributed by atoms with Crippen LogP contribution in [-0.2, 0) is 14.4 Å². The Morgan fingerprint density at radius 2 is 2.00 bits per heavy atom. The van der Waals surface area contributed by atoms with Crippen molar-refractivity contribution >= 4 is 20.7 Å². The molecule has 34 heavy (non-hydrogen) atoms. The monoisotopic (exact) mass is 579 g/mol. The number of aromatic nitrogens is 1. The number of carbonyl (C=O) groups is 3. The van der Waals surface area contributed by atoms with Gasteiger partial charge in [-0.3, -0.25) is 0 Å². The van der Waals surface area contributed by atoms with Crippen LogP contribution < -0.4 is 26.3 Å². The zero-order valence-electron chi connectivity index (χ0n) is 19.9. The van der Waals surface area contributed by atoms with Gasteiger partial charge in [-0.1, -0.05) is 0 Å². The van der Waals surface area contributed by atoms with Gasteiger partial charge in [-0.25, -0.2) is 0 Å². The third kappa shape index (κ3) is 6.47. The molecule has 4 atom stereocenters. The fraction of sp³-hybridized carbons (Fsp3) is 0.500. The van der Waals surface area contributed by atoms with Gasteiger partial charge >= 0.3 is 205 Å². The number of aryl methyl sites for hydroxylation is 1. The molecular formula is C24H31BIN3O5-. The number of nitrogens with zero attached hydrogens (tertiary/aromatic N) is 2. The molecule has 1 aromatic carbocycles. The van der Waals surface area contributed by atoms with Crippen LogP contribution in [0.5, 0.6) is 0 Å². The minimum absolute atomic E-state index is 0.0679. The summed E-state index contributed by atoms with van der Waals surface area (Å²) in [5, 5.41) is 19.2. The van der Waals surface area contributed by atoms with Crippen molar-refractivity contribution in [3.63, 3.8) is 0 Å². The molecule has 2 heterocycles. The Labute approximate surface area is 211 Å². The first-order valence-corrected chi connectivity index (χ1v) is 13.7. The van der Waals surface area contributed by atoms with Crippen LogP contribution in [-0.4, -0.2) is 54.6 Å². The Hall–Kier alpha value is -2.21. The predicted octanol–water partition coefficient (Wildman–Crippen LogP) is -0.785. The van der Waals surface area contributed by atoms with Crippen molar-refractivity contribution in [3.05, 3.63) is 53.4 Å². The van der Waals surface area contributed by atoms with Gasteiger partial charge in [-0.05, 0) is 6.92 Å². The molecule has 1 saturated heterocycles. The molecule has 8 nitrogen and oxygen atoms in total. The maximum atomic E-state index is 13.6. The standard InChI is InChI=1S/C24H31BIN3O5/c1-14(2)22(20-10-15(3)28-34-20)24(33)29-13-17(30)11-19(29)23(32)27-18(12-21(31)26-25-4)16-8-6-5-7-9-16/h5-10,14,17-19,22,30H,11-13H2,1-4H3,(H,27,32)/q-1/t17-,18+,19+,22-/m1/s1. The number of rotatable bonds is 10. The molecule has 1 aliphatic heterocycles. The molecule has 3 rings (SSSR count). The number of likely N-dealkylation sites (tertiary alicyclic amines) is 1. The molecule has 0 unspecified atom stereocenters. The normalized spacial score (nSPS) is 19.8. The number of amides is 2. The Morgan fingerprint density at radius 3 is 2.59 bits per heavy atom. The Balaban J connectivity index is 1.82. The number of β-amino-alcohol motifs (C(OH)–C–C–N with tert-alkyl or cyclic N) is 1. The summed E-state index contributed by atoms with van der Waals surface area (Å²) in [4.78, 5) is 40.8. The Morgan fingerprint density at radius 1 is 1.29 bits per heavy atom. The van der Waals surface area contributed by atoms with Crippen LogP contribution in [0.3, 0.4) is 0 Å². The van der Waals surface area contributed by atoms with E-state index in [1.807, 2.05) is 56.1 Å². The van der Waals surface area contributed by atoms with Crippen LogP contribution in [0.25, 0.3) is 0 Å². The van der Waals surface area contributed by atoms with Gasteiger partial charge in [0.15, 0.2) is 0 Å². The van der Waals surface area contributed by atoms with Gasteiger partial charge in [0, 0.05) is 0 Å². The average molecular weight is 579 g/mol. The molecule has 183 valence electrons. The van der Waals surface area contributed by atoms with Gasteiger partial charge in [0.1, 0.15) is 0 Å². The summed E-state index contributed by atoms with van der Waals surface area (Å²) in [6.07, 6.45) is -0.466. The molecular weight excluding hydrogens is 548 g/mol. The van der Waals surface area contributed by atoms with Gasteiger partial charge in [0.05, 0.1) is 0 Å². The van der Waals surface area contributed by atoms with E-state index in [4.69, 9.17) is 4.52 Å². The number of hydrogen-bond donors (Lipinski definition) is 2. The second-order valence-electron chi connectivity index (χ2n) is 8.85. The molecule has 10 heteroatoms. The van der Waals surface area contributed by atoms with Crippen molar-refractivity contribution in [1.29, 1.82) is 0 Å². The Bertz CT molecular complexity index is 1000. The van der Waals surface area contributed by atoms with Crippen LogP contribution in [0.2, 0.25) is 6.82 Å². The molecule has 0 bridgehead atoms. The summed E-state index contributed by atoms with van der Waals surface area (Å²) in [6.45, 7) is 7.54. The van der Waals surface area contributed by atoms with E-state index in [9.17, 15) is 19.5 Å². The summed E-state index contributed by atoms with van der Waals surface area (Å²) >= 11 is -0.701. The zero-order chi connectivity index (χ0) is 24.8. The molecule has 0 spiro atoms. The van der Waals surface area contributed by atoms with Crippen LogP contribution in [0, 0.1) is 12.8 Å². The zero-order valence-corrected chi connectivity index (χ0v) is 22.1. The molecule has 1 radical (unpaired) electrons. The van der Waals surface area contributed by atoms with Gasteiger partial charge in [-0.2, -0.15) is 0 Å². The summed E-state index contributed by atoms with van der Waals surface area (Å²) in [5.41, 5.74) is 1.50. The van der Waals surface area contributed by atoms with E-state index in [1.54, 1.807) is 13.0 Å². The summed E-state index contributed by atoms with van der Waals surface area (Å²) in [7, 11) is 0. The predicted molar refractivity (Wildman–Crippen MR) is 124 cm³/mol.